The highest BCUT2D eigenvalue weighted by molar-refractivity contribution is 7.09. The summed E-state index contributed by atoms with van der Waals surface area (Å²) in [4.78, 5) is 4.13. The second kappa shape index (κ2) is 8.87. The number of aliphatic hydroxyl groups is 1. The van der Waals surface area contributed by atoms with Crippen molar-refractivity contribution in [3.63, 3.8) is 0 Å². The topological polar surface area (TPSA) is 42.4 Å². The molecule has 0 aliphatic rings. The summed E-state index contributed by atoms with van der Waals surface area (Å²) in [6, 6.07) is 7.69. The van der Waals surface area contributed by atoms with Gasteiger partial charge in [0.1, 0.15) is 16.9 Å². The smallest absolute Gasteiger partial charge is 0.133 e. The Labute approximate surface area is 145 Å². The van der Waals surface area contributed by atoms with Crippen LogP contribution < -0.4 is 0 Å². The molecule has 0 radical (unpaired) electrons. The minimum absolute atomic E-state index is 0.511. The molecule has 1 aromatic carbocycles. The summed E-state index contributed by atoms with van der Waals surface area (Å²) in [6.07, 6.45) is 4.34. The summed E-state index contributed by atoms with van der Waals surface area (Å²) >= 11 is 7.28. The van der Waals surface area contributed by atoms with E-state index in [4.69, 9.17) is 16.3 Å². The highest BCUT2D eigenvalue weighted by Gasteiger charge is 2.18. The van der Waals surface area contributed by atoms with E-state index in [1.165, 1.54) is 11.3 Å². The van der Waals surface area contributed by atoms with Crippen molar-refractivity contribution in [3.8, 4) is 0 Å². The van der Waals surface area contributed by atoms with E-state index in [0.29, 0.717) is 22.9 Å². The van der Waals surface area contributed by atoms with Crippen LogP contribution in [0.1, 0.15) is 30.0 Å². The van der Waals surface area contributed by atoms with Gasteiger partial charge in [-0.05, 0) is 30.2 Å². The average molecular weight is 350 g/mol. The van der Waals surface area contributed by atoms with Crippen LogP contribution >= 0.6 is 22.9 Å². The number of halogens is 1. The van der Waals surface area contributed by atoms with E-state index in [-0.39, 0.29) is 0 Å². The van der Waals surface area contributed by atoms with Crippen molar-refractivity contribution in [3.05, 3.63) is 75.4 Å². The molecule has 122 valence electrons. The second-order valence-electron chi connectivity index (χ2n) is 5.00. The molecule has 0 aliphatic heterocycles. The maximum absolute atomic E-state index is 10.3. The first kappa shape index (κ1) is 17.7. The summed E-state index contributed by atoms with van der Waals surface area (Å²) in [6.45, 7) is 6.50. The van der Waals surface area contributed by atoms with E-state index >= 15 is 0 Å². The molecule has 1 atom stereocenters. The van der Waals surface area contributed by atoms with Crippen LogP contribution in [-0.4, -0.2) is 16.7 Å². The van der Waals surface area contributed by atoms with Crippen LogP contribution in [0.5, 0.6) is 0 Å². The molecule has 1 unspecified atom stereocenters. The first-order valence-electron chi connectivity index (χ1n) is 7.45. The Balaban J connectivity index is 1.94. The van der Waals surface area contributed by atoms with Gasteiger partial charge in [-0.25, -0.2) is 4.98 Å². The lowest BCUT2D eigenvalue weighted by atomic mass is 10.1. The van der Waals surface area contributed by atoms with Gasteiger partial charge in [-0.1, -0.05) is 37.2 Å². The molecule has 0 saturated heterocycles. The Bertz CT molecular complexity index is 650. The SMILES string of the molecule is C=C(/C(=C/CC)OCCc1ccc(Cl)cc1)C(O)c1nccs1. The van der Waals surface area contributed by atoms with Gasteiger partial charge in [0.25, 0.3) is 0 Å². The molecular formula is C18H20ClNO2S. The maximum Gasteiger partial charge on any atom is 0.133 e. The molecule has 2 rings (SSSR count). The molecule has 0 amide bonds. The highest BCUT2D eigenvalue weighted by atomic mass is 35.5. The van der Waals surface area contributed by atoms with Crippen molar-refractivity contribution < 1.29 is 9.84 Å². The fraction of sp³-hybridized carbons (Fsp3) is 0.278. The van der Waals surface area contributed by atoms with Crippen LogP contribution in [0.15, 0.2) is 59.8 Å². The minimum Gasteiger partial charge on any atom is -0.493 e. The van der Waals surface area contributed by atoms with Crippen LogP contribution in [0, 0.1) is 0 Å². The molecule has 2 aromatic rings. The Morgan fingerprint density at radius 3 is 2.78 bits per heavy atom. The number of hydrogen-bond donors (Lipinski definition) is 1. The van der Waals surface area contributed by atoms with Crippen molar-refractivity contribution in [2.75, 3.05) is 6.61 Å². The van der Waals surface area contributed by atoms with Crippen molar-refractivity contribution in [1.29, 1.82) is 0 Å². The van der Waals surface area contributed by atoms with Crippen molar-refractivity contribution in [2.45, 2.75) is 25.9 Å². The Kier molecular flexibility index (Phi) is 6.84. The zero-order valence-corrected chi connectivity index (χ0v) is 14.6. The van der Waals surface area contributed by atoms with E-state index in [2.05, 4.69) is 11.6 Å². The molecule has 0 aliphatic carbocycles. The molecule has 1 heterocycles. The molecule has 1 aromatic heterocycles. The average Bonchev–Trinajstić information content (AvgIpc) is 3.09. The van der Waals surface area contributed by atoms with Crippen molar-refractivity contribution in [1.82, 2.24) is 4.98 Å². The minimum atomic E-state index is -0.830. The van der Waals surface area contributed by atoms with Crippen molar-refractivity contribution in [2.24, 2.45) is 0 Å². The molecular weight excluding hydrogens is 330 g/mol. The van der Waals surface area contributed by atoms with E-state index in [0.717, 1.165) is 23.4 Å². The lowest BCUT2D eigenvalue weighted by molar-refractivity contribution is 0.177. The quantitative estimate of drug-likeness (QED) is 0.542. The summed E-state index contributed by atoms with van der Waals surface area (Å²) in [5.41, 5.74) is 1.69. The molecule has 0 spiro atoms. The number of rotatable bonds is 8. The summed E-state index contributed by atoms with van der Waals surface area (Å²) in [7, 11) is 0. The lowest BCUT2D eigenvalue weighted by Crippen LogP contribution is -2.07. The largest absolute Gasteiger partial charge is 0.493 e. The number of benzene rings is 1. The predicted molar refractivity (Wildman–Crippen MR) is 95.7 cm³/mol. The van der Waals surface area contributed by atoms with Gasteiger partial charge in [-0.15, -0.1) is 11.3 Å². The van der Waals surface area contributed by atoms with Crippen LogP contribution in [0.2, 0.25) is 5.02 Å². The monoisotopic (exact) mass is 349 g/mol. The van der Waals surface area contributed by atoms with Crippen LogP contribution in [-0.2, 0) is 11.2 Å². The Morgan fingerprint density at radius 2 is 2.17 bits per heavy atom. The number of hydrogen-bond acceptors (Lipinski definition) is 4. The summed E-state index contributed by atoms with van der Waals surface area (Å²) < 4.78 is 5.84. The van der Waals surface area contributed by atoms with Crippen molar-refractivity contribution >= 4 is 22.9 Å². The molecule has 1 N–H and O–H groups in total. The van der Waals surface area contributed by atoms with Gasteiger partial charge in [0.05, 0.1) is 6.61 Å². The van der Waals surface area contributed by atoms with Gasteiger partial charge in [0.15, 0.2) is 0 Å². The molecule has 0 saturated carbocycles. The third-order valence-corrected chi connectivity index (χ3v) is 4.36. The first-order chi connectivity index (χ1) is 11.1. The first-order valence-corrected chi connectivity index (χ1v) is 8.71. The Morgan fingerprint density at radius 1 is 1.43 bits per heavy atom. The fourth-order valence-electron chi connectivity index (χ4n) is 2.05. The van der Waals surface area contributed by atoms with Gasteiger partial charge in [-0.3, -0.25) is 0 Å². The zero-order valence-electron chi connectivity index (χ0n) is 13.0. The van der Waals surface area contributed by atoms with Gasteiger partial charge in [-0.2, -0.15) is 0 Å². The number of aromatic nitrogens is 1. The van der Waals surface area contributed by atoms with E-state index in [1.807, 2.05) is 42.6 Å². The van der Waals surface area contributed by atoms with Crippen LogP contribution in [0.25, 0.3) is 0 Å². The summed E-state index contributed by atoms with van der Waals surface area (Å²) in [5, 5.41) is 13.5. The van der Waals surface area contributed by atoms with Crippen LogP contribution in [0.4, 0.5) is 0 Å². The number of thiazole rings is 1. The number of nitrogens with zero attached hydrogens (tertiary/aromatic N) is 1. The van der Waals surface area contributed by atoms with Gasteiger partial charge >= 0.3 is 0 Å². The van der Waals surface area contributed by atoms with Gasteiger partial charge < -0.3 is 9.84 Å². The lowest BCUT2D eigenvalue weighted by Gasteiger charge is -2.16. The third kappa shape index (κ3) is 5.20. The standard InChI is InChI=1S/C18H20ClNO2S/c1-3-4-16(13(2)17(21)18-20-10-12-23-18)22-11-9-14-5-7-15(19)8-6-14/h4-8,10,12,17,21H,2-3,9,11H2,1H3/b16-4-. The predicted octanol–water partition coefficient (Wildman–Crippen LogP) is 4.94. The maximum atomic E-state index is 10.3. The normalized spacial score (nSPS) is 12.9. The second-order valence-corrected chi connectivity index (χ2v) is 6.36. The van der Waals surface area contributed by atoms with Crippen LogP contribution in [0.3, 0.4) is 0 Å². The molecule has 5 heteroatoms. The van der Waals surface area contributed by atoms with E-state index in [1.54, 1.807) is 6.20 Å². The molecule has 0 bridgehead atoms. The fourth-order valence-corrected chi connectivity index (χ4v) is 2.83. The van der Waals surface area contributed by atoms with Gasteiger partial charge in [0.2, 0.25) is 0 Å². The molecule has 3 nitrogen and oxygen atoms in total. The molecule has 0 fully saturated rings. The molecule has 23 heavy (non-hydrogen) atoms. The Hall–Kier alpha value is -1.62. The van der Waals surface area contributed by atoms with Gasteiger partial charge in [0, 0.05) is 28.6 Å². The highest BCUT2D eigenvalue weighted by Crippen LogP contribution is 2.28. The number of allylic oxidation sites excluding steroid dienone is 1. The van der Waals surface area contributed by atoms with E-state index in [9.17, 15) is 5.11 Å². The number of aliphatic hydroxyl groups excluding tert-OH is 1. The third-order valence-electron chi connectivity index (χ3n) is 3.28. The summed E-state index contributed by atoms with van der Waals surface area (Å²) in [5.74, 6) is 0.629. The van der Waals surface area contributed by atoms with E-state index < -0.39 is 6.10 Å². The zero-order chi connectivity index (χ0) is 16.7. The number of ether oxygens (including phenoxy) is 1.